The van der Waals surface area contributed by atoms with Gasteiger partial charge in [0.25, 0.3) is 5.56 Å². The molecule has 0 aliphatic heterocycles. The van der Waals surface area contributed by atoms with Crippen LogP contribution >= 0.6 is 0 Å². The Bertz CT molecular complexity index is 1350. The molecule has 2 N–H and O–H groups in total. The third kappa shape index (κ3) is 5.51. The van der Waals surface area contributed by atoms with Gasteiger partial charge in [-0.25, -0.2) is 9.78 Å². The Labute approximate surface area is 192 Å². The fraction of sp³-hybridized carbons (Fsp3) is 0.524. The zero-order valence-corrected chi connectivity index (χ0v) is 18.2. The topological polar surface area (TPSA) is 104 Å². The molecule has 0 atom stereocenters. The molecule has 3 aromatic heterocycles. The number of aromatic nitrogens is 4. The van der Waals surface area contributed by atoms with Crippen LogP contribution in [0, 0.1) is 5.92 Å². The van der Waals surface area contributed by atoms with Crippen LogP contribution in [-0.2, 0) is 4.79 Å². The number of fused-ring (bicyclic) bond motifs is 3. The lowest BCUT2D eigenvalue weighted by molar-refractivity contribution is -0.178. The van der Waals surface area contributed by atoms with Crippen LogP contribution in [0.5, 0.6) is 0 Å². The number of carbonyl (C=O) groups is 1. The van der Waals surface area contributed by atoms with Crippen molar-refractivity contribution in [3.05, 3.63) is 39.3 Å². The molecule has 0 unspecified atom stereocenters. The van der Waals surface area contributed by atoms with Gasteiger partial charge in [0.05, 0.1) is 10.9 Å². The summed E-state index contributed by atoms with van der Waals surface area (Å²) >= 11 is 0. The summed E-state index contributed by atoms with van der Waals surface area (Å²) in [5, 5.41) is 0.759. The van der Waals surface area contributed by atoms with E-state index in [0.717, 1.165) is 0 Å². The van der Waals surface area contributed by atoms with Crippen LogP contribution in [0.4, 0.5) is 26.3 Å². The molecule has 0 saturated heterocycles. The van der Waals surface area contributed by atoms with Crippen molar-refractivity contribution in [1.29, 1.82) is 0 Å². The number of H-pyrrole nitrogens is 2. The van der Waals surface area contributed by atoms with Crippen molar-refractivity contribution in [2.45, 2.75) is 50.5 Å². The number of halogens is 6. The summed E-state index contributed by atoms with van der Waals surface area (Å²) in [4.78, 5) is 46.6. The highest BCUT2D eigenvalue weighted by atomic mass is 19.4. The second kappa shape index (κ2) is 9.04. The largest absolute Gasteiger partial charge is 0.406 e. The number of carbonyl (C=O) groups excluding carboxylic acids is 1. The molecular weight excluding hydrogens is 484 g/mol. The Morgan fingerprint density at radius 1 is 1.06 bits per heavy atom. The molecule has 35 heavy (non-hydrogen) atoms. The van der Waals surface area contributed by atoms with Crippen LogP contribution in [0.2, 0.25) is 0 Å². The van der Waals surface area contributed by atoms with E-state index in [9.17, 15) is 40.7 Å². The van der Waals surface area contributed by atoms with E-state index in [1.54, 1.807) is 12.3 Å². The van der Waals surface area contributed by atoms with Gasteiger partial charge in [-0.15, -0.1) is 0 Å². The third-order valence-electron chi connectivity index (χ3n) is 6.22. The Morgan fingerprint density at radius 3 is 2.37 bits per heavy atom. The number of rotatable bonds is 5. The summed E-state index contributed by atoms with van der Waals surface area (Å²) in [6.07, 6.45) is -7.54. The molecule has 3 heterocycles. The molecule has 0 spiro atoms. The van der Waals surface area contributed by atoms with Crippen molar-refractivity contribution in [3.63, 3.8) is 0 Å². The second-order valence-electron chi connectivity index (χ2n) is 8.75. The number of hydrogen-bond donors (Lipinski definition) is 2. The quantitative estimate of drug-likeness (QED) is 0.517. The van der Waals surface area contributed by atoms with E-state index in [1.807, 2.05) is 0 Å². The van der Waals surface area contributed by atoms with Gasteiger partial charge in [-0.2, -0.15) is 26.3 Å². The highest BCUT2D eigenvalue weighted by Gasteiger charge is 2.39. The first kappa shape index (κ1) is 24.8. The summed E-state index contributed by atoms with van der Waals surface area (Å²) in [6.45, 7) is -2.22. The Morgan fingerprint density at radius 2 is 1.74 bits per heavy atom. The minimum Gasteiger partial charge on any atom is -0.346 e. The van der Waals surface area contributed by atoms with Gasteiger partial charge in [-0.1, -0.05) is 0 Å². The first-order chi connectivity index (χ1) is 16.3. The second-order valence-corrected chi connectivity index (χ2v) is 8.75. The van der Waals surface area contributed by atoms with Crippen molar-refractivity contribution in [3.8, 4) is 0 Å². The maximum atomic E-state index is 12.9. The Hall–Kier alpha value is -3.32. The normalized spacial score (nSPS) is 19.4. The molecule has 1 fully saturated rings. The standard InChI is InChI=1S/C21H21F6N5O3/c22-20(23,24)7-15(33)31(10-21(25,26)27)9-11-1-3-12(4-2-11)32-16-13-5-6-28-17(13)29-8-14(16)18(34)30-19(32)35/h5-6,8,11-12H,1-4,7,9-10H2,(H,28,29)(H,30,34,35). The molecule has 8 nitrogen and oxygen atoms in total. The van der Waals surface area contributed by atoms with E-state index in [2.05, 4.69) is 15.0 Å². The van der Waals surface area contributed by atoms with E-state index >= 15 is 0 Å². The van der Waals surface area contributed by atoms with Gasteiger partial charge in [0, 0.05) is 30.4 Å². The summed E-state index contributed by atoms with van der Waals surface area (Å²) in [5.74, 6) is -2.09. The molecule has 0 bridgehead atoms. The maximum absolute atomic E-state index is 12.9. The minimum atomic E-state index is -4.91. The lowest BCUT2D eigenvalue weighted by Gasteiger charge is -2.34. The van der Waals surface area contributed by atoms with Crippen LogP contribution in [0.3, 0.4) is 0 Å². The van der Waals surface area contributed by atoms with Crippen molar-refractivity contribution >= 4 is 27.8 Å². The van der Waals surface area contributed by atoms with E-state index in [0.29, 0.717) is 29.4 Å². The summed E-state index contributed by atoms with van der Waals surface area (Å²) in [7, 11) is 0. The van der Waals surface area contributed by atoms with Crippen LogP contribution in [-0.4, -0.2) is 55.8 Å². The summed E-state index contributed by atoms with van der Waals surface area (Å²) in [6, 6.07) is 1.27. The average molecular weight is 505 g/mol. The maximum Gasteiger partial charge on any atom is 0.406 e. The van der Waals surface area contributed by atoms with E-state index in [1.165, 1.54) is 10.8 Å². The lowest BCUT2D eigenvalue weighted by atomic mass is 9.85. The molecule has 0 aromatic carbocycles. The Kier molecular flexibility index (Phi) is 6.40. The van der Waals surface area contributed by atoms with E-state index in [-0.39, 0.29) is 23.1 Å². The number of amides is 1. The Balaban J connectivity index is 1.55. The van der Waals surface area contributed by atoms with Crippen molar-refractivity contribution in [1.82, 2.24) is 24.4 Å². The molecule has 1 aliphatic rings. The lowest BCUT2D eigenvalue weighted by Crippen LogP contribution is -2.44. The van der Waals surface area contributed by atoms with E-state index in [4.69, 9.17) is 0 Å². The van der Waals surface area contributed by atoms with Gasteiger partial charge in [-0.3, -0.25) is 19.1 Å². The number of aromatic amines is 2. The molecule has 4 rings (SSSR count). The number of alkyl halides is 6. The van der Waals surface area contributed by atoms with Crippen LogP contribution in [0.25, 0.3) is 21.9 Å². The molecular formula is C21H21F6N5O3. The molecule has 3 aromatic rings. The third-order valence-corrected chi connectivity index (χ3v) is 6.22. The van der Waals surface area contributed by atoms with Crippen molar-refractivity contribution in [2.75, 3.05) is 13.1 Å². The zero-order chi connectivity index (χ0) is 25.5. The molecule has 14 heteroatoms. The molecule has 1 aliphatic carbocycles. The van der Waals surface area contributed by atoms with Gasteiger partial charge in [-0.05, 0) is 37.7 Å². The minimum absolute atomic E-state index is 0.202. The average Bonchev–Trinajstić information content (AvgIpc) is 3.21. The van der Waals surface area contributed by atoms with Crippen molar-refractivity contribution < 1.29 is 31.1 Å². The fourth-order valence-electron chi connectivity index (χ4n) is 4.75. The molecule has 0 radical (unpaired) electrons. The van der Waals surface area contributed by atoms with E-state index < -0.39 is 61.0 Å². The molecule has 1 amide bonds. The van der Waals surface area contributed by atoms with Gasteiger partial charge < -0.3 is 9.88 Å². The van der Waals surface area contributed by atoms with Crippen molar-refractivity contribution in [2.24, 2.45) is 5.92 Å². The van der Waals surface area contributed by atoms with Crippen LogP contribution in [0.15, 0.2) is 28.0 Å². The van der Waals surface area contributed by atoms with Gasteiger partial charge >= 0.3 is 18.0 Å². The summed E-state index contributed by atoms with van der Waals surface area (Å²) in [5.41, 5.74) is -0.390. The smallest absolute Gasteiger partial charge is 0.346 e. The SMILES string of the molecule is O=C(CC(F)(F)F)N(CC1CCC(n2c(=O)[nH]c(=O)c3cnc4[nH]ccc4c32)CC1)CC(F)(F)F. The number of hydrogen-bond acceptors (Lipinski definition) is 4. The monoisotopic (exact) mass is 505 g/mol. The number of pyridine rings is 1. The molecule has 1 saturated carbocycles. The van der Waals surface area contributed by atoms with Gasteiger partial charge in [0.2, 0.25) is 5.91 Å². The number of nitrogens with one attached hydrogen (secondary N) is 2. The predicted molar refractivity (Wildman–Crippen MR) is 113 cm³/mol. The molecule has 190 valence electrons. The van der Waals surface area contributed by atoms with Gasteiger partial charge in [0.15, 0.2) is 0 Å². The van der Waals surface area contributed by atoms with Gasteiger partial charge in [0.1, 0.15) is 18.6 Å². The first-order valence-electron chi connectivity index (χ1n) is 10.8. The van der Waals surface area contributed by atoms with Crippen LogP contribution < -0.4 is 11.2 Å². The van der Waals surface area contributed by atoms with Crippen LogP contribution in [0.1, 0.15) is 38.1 Å². The summed E-state index contributed by atoms with van der Waals surface area (Å²) < 4.78 is 78.0. The first-order valence-corrected chi connectivity index (χ1v) is 10.8. The highest BCUT2D eigenvalue weighted by molar-refractivity contribution is 6.01. The fourth-order valence-corrected chi connectivity index (χ4v) is 4.75. The predicted octanol–water partition coefficient (Wildman–Crippen LogP) is 3.64. The number of nitrogens with zero attached hydrogens (tertiary/aromatic N) is 3. The highest BCUT2D eigenvalue weighted by Crippen LogP contribution is 2.35. The zero-order valence-electron chi connectivity index (χ0n) is 18.2.